The standard InChI is InChI=1S/C20H22N4O3/c1-5-17(25)21-13-7-6-8-14(9-13)22-19(26)15-10-16(11(2)3)23-20-18(15)12(4)24-27-20/h6-11H,5H2,1-4H3,(H,21,25)(H,22,26). The number of rotatable bonds is 5. The lowest BCUT2D eigenvalue weighted by Crippen LogP contribution is -2.14. The number of hydrogen-bond donors (Lipinski definition) is 2. The first-order chi connectivity index (χ1) is 12.9. The van der Waals surface area contributed by atoms with Gasteiger partial charge in [0, 0.05) is 23.5 Å². The summed E-state index contributed by atoms with van der Waals surface area (Å²) in [5, 5.41) is 10.2. The van der Waals surface area contributed by atoms with Crippen LogP contribution >= 0.6 is 0 Å². The lowest BCUT2D eigenvalue weighted by atomic mass is 10.0. The molecule has 3 aromatic rings. The molecule has 0 bridgehead atoms. The Morgan fingerprint density at radius 3 is 2.52 bits per heavy atom. The fourth-order valence-corrected chi connectivity index (χ4v) is 2.71. The first kappa shape index (κ1) is 18.6. The summed E-state index contributed by atoms with van der Waals surface area (Å²) in [6.45, 7) is 7.56. The van der Waals surface area contributed by atoms with Crippen LogP contribution in [0.2, 0.25) is 0 Å². The van der Waals surface area contributed by atoms with Crippen molar-refractivity contribution in [3.05, 3.63) is 47.3 Å². The second-order valence-corrected chi connectivity index (χ2v) is 6.63. The van der Waals surface area contributed by atoms with E-state index in [4.69, 9.17) is 4.52 Å². The van der Waals surface area contributed by atoms with Crippen LogP contribution in [0.5, 0.6) is 0 Å². The van der Waals surface area contributed by atoms with Crippen LogP contribution in [0.15, 0.2) is 34.9 Å². The van der Waals surface area contributed by atoms with E-state index in [1.807, 2.05) is 13.8 Å². The second-order valence-electron chi connectivity index (χ2n) is 6.63. The Hall–Kier alpha value is -3.22. The molecule has 0 aliphatic heterocycles. The Labute approximate surface area is 157 Å². The molecule has 2 aromatic heterocycles. The van der Waals surface area contributed by atoms with Crippen molar-refractivity contribution >= 4 is 34.3 Å². The highest BCUT2D eigenvalue weighted by atomic mass is 16.5. The van der Waals surface area contributed by atoms with Gasteiger partial charge in [0.2, 0.25) is 5.91 Å². The summed E-state index contributed by atoms with van der Waals surface area (Å²) in [5.41, 5.74) is 3.40. The predicted molar refractivity (Wildman–Crippen MR) is 104 cm³/mol. The number of nitrogens with one attached hydrogen (secondary N) is 2. The van der Waals surface area contributed by atoms with E-state index in [9.17, 15) is 9.59 Å². The number of pyridine rings is 1. The number of nitrogens with zero attached hydrogens (tertiary/aromatic N) is 2. The van der Waals surface area contributed by atoms with E-state index in [0.29, 0.717) is 40.2 Å². The van der Waals surface area contributed by atoms with Crippen molar-refractivity contribution in [2.24, 2.45) is 0 Å². The number of carbonyl (C=O) groups is 2. The Morgan fingerprint density at radius 2 is 1.85 bits per heavy atom. The molecule has 0 saturated heterocycles. The van der Waals surface area contributed by atoms with Gasteiger partial charge in [-0.3, -0.25) is 9.59 Å². The fraction of sp³-hybridized carbons (Fsp3) is 0.300. The monoisotopic (exact) mass is 366 g/mol. The minimum Gasteiger partial charge on any atom is -0.336 e. The molecule has 2 N–H and O–H groups in total. The quantitative estimate of drug-likeness (QED) is 0.703. The zero-order valence-corrected chi connectivity index (χ0v) is 15.8. The van der Waals surface area contributed by atoms with Crippen LogP contribution in [0.3, 0.4) is 0 Å². The van der Waals surface area contributed by atoms with E-state index >= 15 is 0 Å². The van der Waals surface area contributed by atoms with Crippen molar-refractivity contribution in [1.29, 1.82) is 0 Å². The number of carbonyl (C=O) groups excluding carboxylic acids is 2. The SMILES string of the molecule is CCC(=O)Nc1cccc(NC(=O)c2cc(C(C)C)nc3onc(C)c23)c1. The van der Waals surface area contributed by atoms with Gasteiger partial charge in [-0.15, -0.1) is 0 Å². The molecule has 0 saturated carbocycles. The number of aromatic nitrogens is 2. The van der Waals surface area contributed by atoms with Crippen LogP contribution in [0.4, 0.5) is 11.4 Å². The third-order valence-corrected chi connectivity index (χ3v) is 4.20. The lowest BCUT2D eigenvalue weighted by Gasteiger charge is -2.11. The van der Waals surface area contributed by atoms with Crippen LogP contribution in [0.1, 0.15) is 54.9 Å². The van der Waals surface area contributed by atoms with Crippen LogP contribution in [-0.4, -0.2) is 22.0 Å². The zero-order chi connectivity index (χ0) is 19.6. The van der Waals surface area contributed by atoms with Crippen LogP contribution in [0.25, 0.3) is 11.1 Å². The van der Waals surface area contributed by atoms with E-state index in [1.54, 1.807) is 44.2 Å². The maximum Gasteiger partial charge on any atom is 0.259 e. The van der Waals surface area contributed by atoms with Gasteiger partial charge in [-0.25, -0.2) is 4.98 Å². The highest BCUT2D eigenvalue weighted by Crippen LogP contribution is 2.26. The number of amides is 2. The highest BCUT2D eigenvalue weighted by Gasteiger charge is 2.20. The van der Waals surface area contributed by atoms with Crippen molar-refractivity contribution in [2.45, 2.75) is 40.0 Å². The summed E-state index contributed by atoms with van der Waals surface area (Å²) < 4.78 is 5.27. The lowest BCUT2D eigenvalue weighted by molar-refractivity contribution is -0.115. The summed E-state index contributed by atoms with van der Waals surface area (Å²) in [5.74, 6) is -0.232. The normalized spacial score (nSPS) is 11.0. The highest BCUT2D eigenvalue weighted by molar-refractivity contribution is 6.12. The molecule has 27 heavy (non-hydrogen) atoms. The van der Waals surface area contributed by atoms with Crippen LogP contribution in [-0.2, 0) is 4.79 Å². The molecule has 0 aliphatic carbocycles. The molecule has 7 heteroatoms. The Balaban J connectivity index is 1.93. The summed E-state index contributed by atoms with van der Waals surface area (Å²) in [6.07, 6.45) is 0.385. The molecule has 140 valence electrons. The largest absolute Gasteiger partial charge is 0.336 e. The number of aryl methyl sites for hydroxylation is 1. The minimum atomic E-state index is -0.283. The molecule has 0 unspecified atom stereocenters. The van der Waals surface area contributed by atoms with Gasteiger partial charge < -0.3 is 15.2 Å². The smallest absolute Gasteiger partial charge is 0.259 e. The van der Waals surface area contributed by atoms with Gasteiger partial charge in [-0.2, -0.15) is 0 Å². The Bertz CT molecular complexity index is 1010. The molecular formula is C20H22N4O3. The van der Waals surface area contributed by atoms with Gasteiger partial charge in [0.1, 0.15) is 0 Å². The van der Waals surface area contributed by atoms with Gasteiger partial charge in [0.25, 0.3) is 11.6 Å². The van der Waals surface area contributed by atoms with Gasteiger partial charge in [-0.05, 0) is 37.1 Å². The van der Waals surface area contributed by atoms with E-state index in [0.717, 1.165) is 5.69 Å². The molecule has 0 aliphatic rings. The Morgan fingerprint density at radius 1 is 1.15 bits per heavy atom. The maximum atomic E-state index is 12.9. The van der Waals surface area contributed by atoms with Crippen molar-refractivity contribution in [1.82, 2.24) is 10.1 Å². The van der Waals surface area contributed by atoms with Crippen LogP contribution in [0, 0.1) is 6.92 Å². The van der Waals surface area contributed by atoms with E-state index < -0.39 is 0 Å². The van der Waals surface area contributed by atoms with Gasteiger partial charge in [0.15, 0.2) is 0 Å². The van der Waals surface area contributed by atoms with Crippen molar-refractivity contribution in [3.8, 4) is 0 Å². The summed E-state index contributed by atoms with van der Waals surface area (Å²) in [4.78, 5) is 29.0. The molecule has 0 fully saturated rings. The average molecular weight is 366 g/mol. The Kier molecular flexibility index (Phi) is 5.21. The third kappa shape index (κ3) is 3.97. The summed E-state index contributed by atoms with van der Waals surface area (Å²) in [7, 11) is 0. The topological polar surface area (TPSA) is 97.1 Å². The number of fused-ring (bicyclic) bond motifs is 1. The average Bonchev–Trinajstić information content (AvgIpc) is 3.02. The van der Waals surface area contributed by atoms with E-state index in [-0.39, 0.29) is 17.7 Å². The predicted octanol–water partition coefficient (Wildman–Crippen LogP) is 4.26. The van der Waals surface area contributed by atoms with Crippen LogP contribution < -0.4 is 10.6 Å². The molecular weight excluding hydrogens is 344 g/mol. The molecule has 7 nitrogen and oxygen atoms in total. The van der Waals surface area contributed by atoms with Crippen molar-refractivity contribution in [3.63, 3.8) is 0 Å². The van der Waals surface area contributed by atoms with E-state index in [2.05, 4.69) is 20.8 Å². The number of benzene rings is 1. The first-order valence-corrected chi connectivity index (χ1v) is 8.87. The fourth-order valence-electron chi connectivity index (χ4n) is 2.71. The number of hydrogen-bond acceptors (Lipinski definition) is 5. The first-order valence-electron chi connectivity index (χ1n) is 8.87. The molecule has 0 radical (unpaired) electrons. The number of anilines is 2. The molecule has 1 aromatic carbocycles. The molecule has 2 heterocycles. The second kappa shape index (κ2) is 7.57. The third-order valence-electron chi connectivity index (χ3n) is 4.20. The van der Waals surface area contributed by atoms with Crippen molar-refractivity contribution < 1.29 is 14.1 Å². The molecule has 0 spiro atoms. The van der Waals surface area contributed by atoms with Gasteiger partial charge >= 0.3 is 0 Å². The minimum absolute atomic E-state index is 0.0870. The maximum absolute atomic E-state index is 12.9. The zero-order valence-electron chi connectivity index (χ0n) is 15.8. The summed E-state index contributed by atoms with van der Waals surface area (Å²) in [6, 6.07) is 8.80. The van der Waals surface area contributed by atoms with Gasteiger partial charge in [-0.1, -0.05) is 32.0 Å². The molecule has 0 atom stereocenters. The molecule has 2 amide bonds. The summed E-state index contributed by atoms with van der Waals surface area (Å²) >= 11 is 0. The van der Waals surface area contributed by atoms with E-state index in [1.165, 1.54) is 0 Å². The van der Waals surface area contributed by atoms with Gasteiger partial charge in [0.05, 0.1) is 16.6 Å². The molecule has 3 rings (SSSR count). The van der Waals surface area contributed by atoms with Crippen molar-refractivity contribution in [2.75, 3.05) is 10.6 Å².